The zero-order valence-corrected chi connectivity index (χ0v) is 9.82. The molecule has 0 fully saturated rings. The van der Waals surface area contributed by atoms with Crippen LogP contribution >= 0.6 is 0 Å². The molecule has 0 aromatic heterocycles. The molecule has 1 N–H and O–H groups in total. The molecule has 88 valence electrons. The summed E-state index contributed by atoms with van der Waals surface area (Å²) in [5.74, 6) is 0. The van der Waals surface area contributed by atoms with E-state index in [0.29, 0.717) is 0 Å². The van der Waals surface area contributed by atoms with Crippen LogP contribution in [0.3, 0.4) is 0 Å². The van der Waals surface area contributed by atoms with Crippen LogP contribution in [0, 0.1) is 0 Å². The first-order valence-electron chi connectivity index (χ1n) is 5.87. The number of nitrogens with one attached hydrogen (secondary N) is 1. The van der Waals surface area contributed by atoms with E-state index in [1.165, 1.54) is 5.56 Å². The second-order valence-corrected chi connectivity index (χ2v) is 3.69. The van der Waals surface area contributed by atoms with Crippen LogP contribution in [0.5, 0.6) is 0 Å². The molecular formula is C14H21NO. The predicted molar refractivity (Wildman–Crippen MR) is 68.6 cm³/mol. The molecule has 2 heteroatoms. The van der Waals surface area contributed by atoms with Crippen LogP contribution in [0.25, 0.3) is 0 Å². The summed E-state index contributed by atoms with van der Waals surface area (Å²) in [5, 5.41) is 3.20. The summed E-state index contributed by atoms with van der Waals surface area (Å²) in [6.07, 6.45) is 4.04. The van der Waals surface area contributed by atoms with Gasteiger partial charge in [0.2, 0.25) is 0 Å². The minimum Gasteiger partial charge on any atom is -0.380 e. The van der Waals surface area contributed by atoms with Gasteiger partial charge < -0.3 is 10.1 Å². The summed E-state index contributed by atoms with van der Waals surface area (Å²) in [6, 6.07) is 10.5. The molecule has 0 aliphatic rings. The average Bonchev–Trinajstić information content (AvgIpc) is 2.34. The third-order valence-electron chi connectivity index (χ3n) is 2.31. The fourth-order valence-electron chi connectivity index (χ4n) is 1.47. The molecule has 1 rings (SSSR count). The van der Waals surface area contributed by atoms with E-state index in [1.807, 2.05) is 12.1 Å². The molecule has 16 heavy (non-hydrogen) atoms. The van der Waals surface area contributed by atoms with Crippen molar-refractivity contribution in [2.45, 2.75) is 12.8 Å². The third-order valence-corrected chi connectivity index (χ3v) is 2.31. The van der Waals surface area contributed by atoms with Crippen LogP contribution in [0.15, 0.2) is 43.0 Å². The quantitative estimate of drug-likeness (QED) is 0.509. The van der Waals surface area contributed by atoms with Gasteiger partial charge in [-0.3, -0.25) is 0 Å². The highest BCUT2D eigenvalue weighted by atomic mass is 16.5. The standard InChI is InChI=1S/C14H21NO/c1-2-10-15-11-13-16-12-6-9-14-7-4-3-5-8-14/h2-5,7-8,15H,1,6,9-13H2. The molecular weight excluding hydrogens is 198 g/mol. The van der Waals surface area contributed by atoms with Crippen LogP contribution in [0.1, 0.15) is 12.0 Å². The summed E-state index contributed by atoms with van der Waals surface area (Å²) in [4.78, 5) is 0. The average molecular weight is 219 g/mol. The van der Waals surface area contributed by atoms with Gasteiger partial charge in [-0.2, -0.15) is 0 Å². The molecule has 0 saturated heterocycles. The SMILES string of the molecule is C=CCNCCOCCCc1ccccc1. The van der Waals surface area contributed by atoms with Crippen LogP contribution in [-0.2, 0) is 11.2 Å². The second kappa shape index (κ2) is 9.13. The first-order chi connectivity index (χ1) is 7.93. The minimum atomic E-state index is 0.780. The lowest BCUT2D eigenvalue weighted by molar-refractivity contribution is 0.134. The molecule has 0 aliphatic heterocycles. The third kappa shape index (κ3) is 6.38. The monoisotopic (exact) mass is 219 g/mol. The van der Waals surface area contributed by atoms with Gasteiger partial charge in [-0.1, -0.05) is 36.4 Å². The number of rotatable bonds is 9. The van der Waals surface area contributed by atoms with Crippen molar-refractivity contribution in [2.24, 2.45) is 0 Å². The lowest BCUT2D eigenvalue weighted by atomic mass is 10.1. The zero-order chi connectivity index (χ0) is 11.5. The smallest absolute Gasteiger partial charge is 0.0591 e. The molecule has 1 aromatic rings. The predicted octanol–water partition coefficient (Wildman–Crippen LogP) is 2.41. The van der Waals surface area contributed by atoms with Crippen molar-refractivity contribution >= 4 is 0 Å². The lowest BCUT2D eigenvalue weighted by Gasteiger charge is -2.04. The summed E-state index contributed by atoms with van der Waals surface area (Å²) in [5.41, 5.74) is 1.39. The van der Waals surface area contributed by atoms with E-state index >= 15 is 0 Å². The van der Waals surface area contributed by atoms with E-state index in [1.54, 1.807) is 0 Å². The molecule has 0 aliphatic carbocycles. The zero-order valence-electron chi connectivity index (χ0n) is 9.82. The largest absolute Gasteiger partial charge is 0.380 e. The Morgan fingerprint density at radius 3 is 2.75 bits per heavy atom. The van der Waals surface area contributed by atoms with Gasteiger partial charge in [0.1, 0.15) is 0 Å². The van der Waals surface area contributed by atoms with Gasteiger partial charge in [-0.25, -0.2) is 0 Å². The highest BCUT2D eigenvalue weighted by Crippen LogP contribution is 2.01. The Kier molecular flexibility index (Phi) is 7.39. The Bertz CT molecular complexity index is 271. The molecule has 1 aromatic carbocycles. The Hall–Kier alpha value is -1.12. The van der Waals surface area contributed by atoms with Crippen molar-refractivity contribution in [1.82, 2.24) is 5.32 Å². The van der Waals surface area contributed by atoms with Crippen molar-refractivity contribution in [2.75, 3.05) is 26.3 Å². The molecule has 0 bridgehead atoms. The Balaban J connectivity index is 1.90. The minimum absolute atomic E-state index is 0.780. The molecule has 0 heterocycles. The van der Waals surface area contributed by atoms with E-state index in [-0.39, 0.29) is 0 Å². The fourth-order valence-corrected chi connectivity index (χ4v) is 1.47. The van der Waals surface area contributed by atoms with Crippen LogP contribution < -0.4 is 5.32 Å². The highest BCUT2D eigenvalue weighted by molar-refractivity contribution is 5.14. The van der Waals surface area contributed by atoms with E-state index in [0.717, 1.165) is 39.1 Å². The first kappa shape index (κ1) is 12.9. The van der Waals surface area contributed by atoms with Crippen molar-refractivity contribution in [3.63, 3.8) is 0 Å². The number of aryl methyl sites for hydroxylation is 1. The molecule has 0 saturated carbocycles. The van der Waals surface area contributed by atoms with Crippen molar-refractivity contribution < 1.29 is 4.74 Å². The number of hydrogen-bond donors (Lipinski definition) is 1. The molecule has 0 amide bonds. The summed E-state index contributed by atoms with van der Waals surface area (Å²) >= 11 is 0. The Morgan fingerprint density at radius 1 is 1.19 bits per heavy atom. The van der Waals surface area contributed by atoms with Crippen molar-refractivity contribution in [3.05, 3.63) is 48.6 Å². The Labute approximate surface area is 98.3 Å². The van der Waals surface area contributed by atoms with Crippen molar-refractivity contribution in [1.29, 1.82) is 0 Å². The van der Waals surface area contributed by atoms with Crippen LogP contribution in [-0.4, -0.2) is 26.3 Å². The van der Waals surface area contributed by atoms with E-state index in [9.17, 15) is 0 Å². The molecule has 0 unspecified atom stereocenters. The second-order valence-electron chi connectivity index (χ2n) is 3.69. The van der Waals surface area contributed by atoms with E-state index < -0.39 is 0 Å². The van der Waals surface area contributed by atoms with Crippen molar-refractivity contribution in [3.8, 4) is 0 Å². The number of hydrogen-bond acceptors (Lipinski definition) is 2. The van der Waals surface area contributed by atoms with Gasteiger partial charge in [0.25, 0.3) is 0 Å². The lowest BCUT2D eigenvalue weighted by Crippen LogP contribution is -2.19. The van der Waals surface area contributed by atoms with Gasteiger partial charge in [-0.15, -0.1) is 6.58 Å². The molecule has 0 atom stereocenters. The number of ether oxygens (including phenoxy) is 1. The van der Waals surface area contributed by atoms with Gasteiger partial charge in [0, 0.05) is 19.7 Å². The maximum atomic E-state index is 5.51. The molecule has 2 nitrogen and oxygen atoms in total. The fraction of sp³-hybridized carbons (Fsp3) is 0.429. The normalized spacial score (nSPS) is 10.2. The summed E-state index contributed by atoms with van der Waals surface area (Å²) < 4.78 is 5.51. The topological polar surface area (TPSA) is 21.3 Å². The van der Waals surface area contributed by atoms with E-state index in [4.69, 9.17) is 4.74 Å². The first-order valence-corrected chi connectivity index (χ1v) is 5.87. The van der Waals surface area contributed by atoms with Crippen LogP contribution in [0.4, 0.5) is 0 Å². The van der Waals surface area contributed by atoms with Gasteiger partial charge in [-0.05, 0) is 18.4 Å². The summed E-state index contributed by atoms with van der Waals surface area (Å²) in [7, 11) is 0. The summed E-state index contributed by atoms with van der Waals surface area (Å²) in [6.45, 7) is 7.01. The Morgan fingerprint density at radius 2 is 2.00 bits per heavy atom. The van der Waals surface area contributed by atoms with Gasteiger partial charge in [0.05, 0.1) is 6.61 Å². The maximum Gasteiger partial charge on any atom is 0.0591 e. The molecule has 0 spiro atoms. The van der Waals surface area contributed by atoms with Crippen LogP contribution in [0.2, 0.25) is 0 Å². The van der Waals surface area contributed by atoms with Gasteiger partial charge in [0.15, 0.2) is 0 Å². The number of benzene rings is 1. The van der Waals surface area contributed by atoms with Gasteiger partial charge >= 0.3 is 0 Å². The van der Waals surface area contributed by atoms with E-state index in [2.05, 4.69) is 36.2 Å². The maximum absolute atomic E-state index is 5.51. The molecule has 0 radical (unpaired) electrons. The highest BCUT2D eigenvalue weighted by Gasteiger charge is 1.92.